The molecule has 0 aliphatic heterocycles. The van der Waals surface area contributed by atoms with Gasteiger partial charge in [-0.25, -0.2) is 0 Å². The van der Waals surface area contributed by atoms with E-state index in [2.05, 4.69) is 19.7 Å². The molecule has 0 aromatic heterocycles. The number of thioether (sulfide) groups is 1. The number of ether oxygens (including phenoxy) is 4. The minimum atomic E-state index is -0.697. The fourth-order valence-corrected chi connectivity index (χ4v) is 6.26. The van der Waals surface area contributed by atoms with Crippen molar-refractivity contribution >= 4 is 43.9 Å². The molecule has 10 heteroatoms. The molecule has 1 rings (SSSR count). The van der Waals surface area contributed by atoms with Crippen molar-refractivity contribution in [2.24, 2.45) is 0 Å². The minimum Gasteiger partial charge on any atom is -0.462 e. The van der Waals surface area contributed by atoms with Crippen LogP contribution < -0.4 is 0 Å². The van der Waals surface area contributed by atoms with Crippen LogP contribution in [0.1, 0.15) is 125 Å². The minimum absolute atomic E-state index is 0. The van der Waals surface area contributed by atoms with Crippen LogP contribution in [0, 0.1) is 0 Å². The molecule has 3 radical (unpaired) electrons. The summed E-state index contributed by atoms with van der Waals surface area (Å²) in [5.41, 5.74) is 0. The molecule has 287 valence electrons. The summed E-state index contributed by atoms with van der Waals surface area (Å²) < 4.78 is 22.9. The van der Waals surface area contributed by atoms with Crippen LogP contribution >= 0.6 is 11.8 Å². The van der Waals surface area contributed by atoms with E-state index in [0.717, 1.165) is 62.0 Å². The number of hydrogen-bond acceptors (Lipinski definition) is 9. The van der Waals surface area contributed by atoms with Gasteiger partial charge in [-0.1, -0.05) is 56.7 Å². The molecule has 0 aliphatic carbocycles. The predicted molar refractivity (Wildman–Crippen MR) is 212 cm³/mol. The first-order valence-electron chi connectivity index (χ1n) is 17.8. The van der Waals surface area contributed by atoms with Gasteiger partial charge >= 0.3 is 17.9 Å². The van der Waals surface area contributed by atoms with Crippen molar-refractivity contribution in [3.63, 3.8) is 0 Å². The summed E-state index contributed by atoms with van der Waals surface area (Å²) in [6.45, 7) is 12.7. The molecule has 0 bridgehead atoms. The van der Waals surface area contributed by atoms with E-state index >= 15 is 0 Å². The number of unbranched alkanes of at least 4 members (excludes halogenated alkanes) is 6. The highest BCUT2D eigenvalue weighted by Crippen LogP contribution is 2.22. The summed E-state index contributed by atoms with van der Waals surface area (Å²) in [6, 6.07) is 10.1. The van der Waals surface area contributed by atoms with E-state index in [1.807, 2.05) is 42.5 Å². The lowest BCUT2D eigenvalue weighted by molar-refractivity contribution is -0.162. The van der Waals surface area contributed by atoms with Crippen molar-refractivity contribution < 1.29 is 39.6 Å². The quantitative estimate of drug-likeness (QED) is 0.0184. The van der Waals surface area contributed by atoms with Gasteiger partial charge in [0.2, 0.25) is 0 Å². The highest BCUT2D eigenvalue weighted by molar-refractivity contribution is 7.99. The van der Waals surface area contributed by atoms with Gasteiger partial charge in [0.25, 0.3) is 0 Å². The predicted octanol–water partition coefficient (Wildman–Crippen LogP) is 9.81. The van der Waals surface area contributed by atoms with Crippen LogP contribution in [0.4, 0.5) is 0 Å². The summed E-state index contributed by atoms with van der Waals surface area (Å²) >= 11 is 1.70. The smallest absolute Gasteiger partial charge is 0.309 e. The van der Waals surface area contributed by atoms with E-state index in [-0.39, 0.29) is 54.8 Å². The molecule has 0 saturated heterocycles. The summed E-state index contributed by atoms with van der Waals surface area (Å²) in [6.07, 6.45) is 13.1. The highest BCUT2D eigenvalue weighted by atomic mass is 32.2. The van der Waals surface area contributed by atoms with E-state index in [9.17, 15) is 19.2 Å². The van der Waals surface area contributed by atoms with Gasteiger partial charge in [-0.3, -0.25) is 19.2 Å². The molecule has 0 amide bonds. The zero-order valence-electron chi connectivity index (χ0n) is 30.5. The Morgan fingerprint density at radius 3 is 1.59 bits per heavy atom. The Morgan fingerprint density at radius 2 is 1.10 bits per heavy atom. The molecule has 8 nitrogen and oxygen atoms in total. The number of methoxy groups -OCH3 is 1. The number of allylic oxidation sites excluding steroid dienone is 3. The summed E-state index contributed by atoms with van der Waals surface area (Å²) in [5.74, 6) is -0.743. The van der Waals surface area contributed by atoms with Crippen LogP contribution in [-0.2, 0) is 38.1 Å². The number of ketones is 1. The third-order valence-electron chi connectivity index (χ3n) is 7.94. The lowest BCUT2D eigenvalue weighted by Gasteiger charge is -2.23. The van der Waals surface area contributed by atoms with Gasteiger partial charge in [-0.2, -0.15) is 0 Å². The summed E-state index contributed by atoms with van der Waals surface area (Å²) in [4.78, 5) is 52.1. The molecular weight excluding hydrogens is 663 g/mol. The Kier molecular flexibility index (Phi) is 32.1. The average Bonchev–Trinajstić information content (AvgIpc) is 3.06. The van der Waals surface area contributed by atoms with Crippen LogP contribution in [0.3, 0.4) is 0 Å². The molecule has 1 aromatic rings. The third kappa shape index (κ3) is 27.2. The molecule has 51 heavy (non-hydrogen) atoms. The van der Waals surface area contributed by atoms with Crippen molar-refractivity contribution in [2.75, 3.05) is 12.9 Å². The molecule has 0 heterocycles. The largest absolute Gasteiger partial charge is 0.462 e. The molecule has 0 spiro atoms. The average molecular weight is 731 g/mol. The van der Waals surface area contributed by atoms with Gasteiger partial charge in [0.1, 0.15) is 24.1 Å². The first-order valence-corrected chi connectivity index (χ1v) is 18.8. The van der Waals surface area contributed by atoms with Crippen molar-refractivity contribution in [3.05, 3.63) is 68.3 Å². The standard InChI is InChI=1S/C40H60O8S.CH4.B.H2/c1-6-9-12-14-15-18-23-36(47-38(42)29-33(45-5)26-27-49-37-24-19-16-20-25-37)31-40(44)48-35(22-17-13-10-7-2)30-39(43)46-34(21-11-8-3)28-32(4)41;;;/h6-8,16,19-20,24-25,33-36H,1-3,9-15,17-18,21-23,26-31H2,4-5H3;1H4;;1H/i;;;1+1. The van der Waals surface area contributed by atoms with Crippen molar-refractivity contribution in [1.29, 1.82) is 0 Å². The van der Waals surface area contributed by atoms with E-state index < -0.39 is 36.2 Å². The Morgan fingerprint density at radius 1 is 0.647 bits per heavy atom. The first-order chi connectivity index (χ1) is 23.7. The molecule has 0 N–H and O–H groups in total. The summed E-state index contributed by atoms with van der Waals surface area (Å²) in [5, 5.41) is 0. The van der Waals surface area contributed by atoms with E-state index in [1.54, 1.807) is 24.9 Å². The maximum Gasteiger partial charge on any atom is 0.309 e. The summed E-state index contributed by atoms with van der Waals surface area (Å²) in [7, 11) is 1.59. The lowest BCUT2D eigenvalue weighted by atomic mass is 10.0. The molecule has 4 unspecified atom stereocenters. The normalized spacial score (nSPS) is 12.8. The Bertz CT molecular complexity index is 1120. The molecule has 4 atom stereocenters. The van der Waals surface area contributed by atoms with Gasteiger partial charge in [-0.05, 0) is 89.7 Å². The second-order valence-corrected chi connectivity index (χ2v) is 13.5. The number of Topliss-reactive ketones (excluding diaryl/α,β-unsaturated/α-hetero) is 1. The van der Waals surface area contributed by atoms with E-state index in [4.69, 9.17) is 18.9 Å². The molecular formula is C41H66BO8S. The molecule has 1 aromatic carbocycles. The second-order valence-electron chi connectivity index (χ2n) is 12.4. The molecule has 0 aliphatic rings. The van der Waals surface area contributed by atoms with Gasteiger partial charge in [0.05, 0.1) is 25.4 Å². The van der Waals surface area contributed by atoms with Crippen LogP contribution in [0.2, 0.25) is 0 Å². The van der Waals surface area contributed by atoms with Gasteiger partial charge < -0.3 is 18.9 Å². The van der Waals surface area contributed by atoms with Crippen molar-refractivity contribution in [3.8, 4) is 0 Å². The number of hydrogen-bond donors (Lipinski definition) is 0. The highest BCUT2D eigenvalue weighted by Gasteiger charge is 2.26. The lowest BCUT2D eigenvalue weighted by Crippen LogP contribution is -2.29. The Balaban J connectivity index is -0.00000800. The van der Waals surface area contributed by atoms with Gasteiger partial charge in [-0.15, -0.1) is 31.5 Å². The van der Waals surface area contributed by atoms with Crippen molar-refractivity contribution in [1.82, 2.24) is 0 Å². The molecule has 0 fully saturated rings. The van der Waals surface area contributed by atoms with E-state index in [1.165, 1.54) is 6.92 Å². The van der Waals surface area contributed by atoms with Crippen LogP contribution in [0.25, 0.3) is 0 Å². The fourth-order valence-electron chi connectivity index (χ4n) is 5.30. The monoisotopic (exact) mass is 730 g/mol. The second kappa shape index (κ2) is 32.8. The van der Waals surface area contributed by atoms with Gasteiger partial charge in [0, 0.05) is 34.0 Å². The Hall–Kier alpha value is -3.11. The number of esters is 3. The zero-order chi connectivity index (χ0) is 36.1. The van der Waals surface area contributed by atoms with Gasteiger partial charge in [0.15, 0.2) is 0 Å². The third-order valence-corrected chi connectivity index (χ3v) is 8.98. The molecule has 0 saturated carbocycles. The van der Waals surface area contributed by atoms with Crippen LogP contribution in [-0.4, -0.2) is 69.4 Å². The van der Waals surface area contributed by atoms with Crippen molar-refractivity contribution in [2.45, 2.75) is 153 Å². The maximum absolute atomic E-state index is 13.3. The number of benzene rings is 1. The van der Waals surface area contributed by atoms with Crippen LogP contribution in [0.5, 0.6) is 0 Å². The fraction of sp³-hybridized carbons (Fsp3) is 0.610. The topological polar surface area (TPSA) is 105 Å². The number of carbonyl (C=O) groups excluding carboxylic acids is 4. The first kappa shape index (κ1) is 50.0. The number of rotatable bonds is 31. The maximum atomic E-state index is 13.3. The van der Waals surface area contributed by atoms with Crippen LogP contribution in [0.15, 0.2) is 73.2 Å². The zero-order valence-corrected chi connectivity index (χ0v) is 31.3. The number of carbonyl (C=O) groups is 4. The van der Waals surface area contributed by atoms with E-state index in [0.29, 0.717) is 32.1 Å². The SMILES string of the molecule is C.C=CCCCCCCC(CC(=O)OC(CCCCC=C)CC(=O)OC(CCC=C)CC(C)=O)OC(=O)CC(CCSc1ccccc1)OC.[2HH].[B]. The Labute approximate surface area is 316 Å².